The number of pyridine rings is 1. The summed E-state index contributed by atoms with van der Waals surface area (Å²) in [6.07, 6.45) is 1.40. The first kappa shape index (κ1) is 10.6. The lowest BCUT2D eigenvalue weighted by molar-refractivity contribution is 0.241. The summed E-state index contributed by atoms with van der Waals surface area (Å²) in [4.78, 5) is 14.6. The molecule has 0 aliphatic carbocycles. The number of hydrogen-bond acceptors (Lipinski definition) is 4. The van der Waals surface area contributed by atoms with Gasteiger partial charge in [0.2, 0.25) is 0 Å². The van der Waals surface area contributed by atoms with Crippen molar-refractivity contribution in [2.45, 2.75) is 0 Å². The van der Waals surface area contributed by atoms with Gasteiger partial charge in [-0.3, -0.25) is 5.43 Å². The number of urea groups is 1. The van der Waals surface area contributed by atoms with Crippen molar-refractivity contribution < 1.29 is 4.79 Å². The zero-order chi connectivity index (χ0) is 10.4. The molecule has 0 aliphatic heterocycles. The van der Waals surface area contributed by atoms with E-state index in [0.29, 0.717) is 10.3 Å². The summed E-state index contributed by atoms with van der Waals surface area (Å²) in [5.74, 6) is 4.82. The lowest BCUT2D eigenvalue weighted by Crippen LogP contribution is -2.37. The van der Waals surface area contributed by atoms with Crippen molar-refractivity contribution in [1.29, 1.82) is 0 Å². The molecule has 0 radical (unpaired) electrons. The van der Waals surface area contributed by atoms with E-state index in [1.165, 1.54) is 6.21 Å². The van der Waals surface area contributed by atoms with Gasteiger partial charge in [-0.15, -0.1) is 0 Å². The quantitative estimate of drug-likeness (QED) is 0.235. The Morgan fingerprint density at radius 3 is 3.07 bits per heavy atom. The number of aromatic nitrogens is 1. The summed E-state index contributed by atoms with van der Waals surface area (Å²) in [6, 6.07) is 4.76. The summed E-state index contributed by atoms with van der Waals surface area (Å²) in [5.41, 5.74) is 4.63. The average Bonchev–Trinajstić information content (AvgIpc) is 2.17. The van der Waals surface area contributed by atoms with Gasteiger partial charge < -0.3 is 0 Å². The first-order valence-corrected chi connectivity index (χ1v) is 4.44. The number of nitrogens with zero attached hydrogens (tertiary/aromatic N) is 2. The van der Waals surface area contributed by atoms with E-state index >= 15 is 0 Å². The van der Waals surface area contributed by atoms with Crippen LogP contribution in [0.4, 0.5) is 4.79 Å². The smallest absolute Gasteiger partial charge is 0.274 e. The number of nitrogens with one attached hydrogen (secondary N) is 2. The van der Waals surface area contributed by atoms with Crippen molar-refractivity contribution in [3.8, 4) is 0 Å². The molecule has 74 valence electrons. The second kappa shape index (κ2) is 5.30. The highest BCUT2D eigenvalue weighted by Gasteiger charge is 1.92. The van der Waals surface area contributed by atoms with Gasteiger partial charge in [-0.1, -0.05) is 6.07 Å². The van der Waals surface area contributed by atoms with E-state index in [1.54, 1.807) is 18.2 Å². The monoisotopic (exact) mass is 257 g/mol. The second-order valence-electron chi connectivity index (χ2n) is 2.23. The van der Waals surface area contributed by atoms with Crippen molar-refractivity contribution in [3.63, 3.8) is 0 Å². The molecule has 1 aromatic rings. The Balaban J connectivity index is 2.56. The number of carbonyl (C=O) groups is 1. The number of hydrazine groups is 1. The standard InChI is InChI=1S/C7H8BrN5O/c8-6-3-1-2-5(11-6)4-10-13-7(14)12-9/h1-4H,9H2,(H2,12,13,14)/b10-4+. The fourth-order valence-corrected chi connectivity index (χ4v) is 1.04. The molecule has 0 bridgehead atoms. The van der Waals surface area contributed by atoms with Crippen LogP contribution in [0.1, 0.15) is 5.69 Å². The number of hydrazone groups is 1. The number of halogens is 1. The van der Waals surface area contributed by atoms with Crippen LogP contribution in [0.25, 0.3) is 0 Å². The number of hydrogen-bond donors (Lipinski definition) is 3. The molecular formula is C7H8BrN5O. The molecule has 0 saturated heterocycles. The molecule has 14 heavy (non-hydrogen) atoms. The van der Waals surface area contributed by atoms with E-state index in [4.69, 9.17) is 5.84 Å². The molecule has 0 aromatic carbocycles. The summed E-state index contributed by atoms with van der Waals surface area (Å²) < 4.78 is 0.699. The van der Waals surface area contributed by atoms with E-state index in [0.717, 1.165) is 0 Å². The molecule has 1 rings (SSSR count). The summed E-state index contributed by atoms with van der Waals surface area (Å²) in [5, 5.41) is 3.60. The Bertz CT molecular complexity index is 354. The molecule has 4 N–H and O–H groups in total. The molecule has 7 heteroatoms. The average molecular weight is 258 g/mol. The van der Waals surface area contributed by atoms with Crippen molar-refractivity contribution in [3.05, 3.63) is 28.5 Å². The van der Waals surface area contributed by atoms with Gasteiger partial charge in [0.1, 0.15) is 4.60 Å². The van der Waals surface area contributed by atoms with Crippen LogP contribution in [0.3, 0.4) is 0 Å². The highest BCUT2D eigenvalue weighted by molar-refractivity contribution is 9.10. The first-order valence-electron chi connectivity index (χ1n) is 3.64. The first-order chi connectivity index (χ1) is 6.72. The lowest BCUT2D eigenvalue weighted by atomic mass is 10.4. The molecule has 0 aliphatic rings. The minimum Gasteiger partial charge on any atom is -0.274 e. The molecule has 1 heterocycles. The molecule has 0 spiro atoms. The van der Waals surface area contributed by atoms with Crippen molar-refractivity contribution >= 4 is 28.2 Å². The predicted octanol–water partition coefficient (Wildman–Crippen LogP) is 0.351. The van der Waals surface area contributed by atoms with Crippen LogP contribution in [0, 0.1) is 0 Å². The summed E-state index contributed by atoms with van der Waals surface area (Å²) in [7, 11) is 0. The van der Waals surface area contributed by atoms with E-state index in [2.05, 4.69) is 31.4 Å². The molecule has 0 unspecified atom stereocenters. The number of nitrogens with two attached hydrogens (primary N) is 1. The van der Waals surface area contributed by atoms with Gasteiger partial charge in [0, 0.05) is 0 Å². The summed E-state index contributed by atoms with van der Waals surface area (Å²) >= 11 is 3.20. The van der Waals surface area contributed by atoms with E-state index in [-0.39, 0.29) is 0 Å². The fourth-order valence-electron chi connectivity index (χ4n) is 0.685. The van der Waals surface area contributed by atoms with Crippen LogP contribution >= 0.6 is 15.9 Å². The van der Waals surface area contributed by atoms with Crippen LogP contribution in [0.2, 0.25) is 0 Å². The fraction of sp³-hybridized carbons (Fsp3) is 0. The van der Waals surface area contributed by atoms with Gasteiger partial charge in [0.15, 0.2) is 0 Å². The molecule has 1 aromatic heterocycles. The Hall–Kier alpha value is -1.47. The topological polar surface area (TPSA) is 92.4 Å². The van der Waals surface area contributed by atoms with Gasteiger partial charge in [-0.25, -0.2) is 21.0 Å². The van der Waals surface area contributed by atoms with Crippen molar-refractivity contribution in [1.82, 2.24) is 15.8 Å². The van der Waals surface area contributed by atoms with Gasteiger partial charge >= 0.3 is 6.03 Å². The molecule has 6 nitrogen and oxygen atoms in total. The third kappa shape index (κ3) is 3.50. The van der Waals surface area contributed by atoms with Crippen LogP contribution < -0.4 is 16.7 Å². The van der Waals surface area contributed by atoms with Crippen LogP contribution in [-0.2, 0) is 0 Å². The van der Waals surface area contributed by atoms with E-state index < -0.39 is 6.03 Å². The molecule has 0 saturated carbocycles. The molecule has 0 atom stereocenters. The van der Waals surface area contributed by atoms with Crippen LogP contribution in [0.5, 0.6) is 0 Å². The normalized spacial score (nSPS) is 10.1. The molecule has 0 fully saturated rings. The number of amides is 2. The highest BCUT2D eigenvalue weighted by atomic mass is 79.9. The van der Waals surface area contributed by atoms with E-state index in [9.17, 15) is 4.79 Å². The lowest BCUT2D eigenvalue weighted by Gasteiger charge is -1.96. The van der Waals surface area contributed by atoms with Crippen molar-refractivity contribution in [2.75, 3.05) is 0 Å². The predicted molar refractivity (Wildman–Crippen MR) is 55.4 cm³/mol. The van der Waals surface area contributed by atoms with Crippen molar-refractivity contribution in [2.24, 2.45) is 10.9 Å². The zero-order valence-corrected chi connectivity index (χ0v) is 8.65. The van der Waals surface area contributed by atoms with Crippen LogP contribution in [0.15, 0.2) is 27.9 Å². The molecular weight excluding hydrogens is 250 g/mol. The van der Waals surface area contributed by atoms with Gasteiger partial charge in [0.05, 0.1) is 11.9 Å². The summed E-state index contributed by atoms with van der Waals surface area (Å²) in [6.45, 7) is 0. The number of rotatable bonds is 2. The van der Waals surface area contributed by atoms with Crippen LogP contribution in [-0.4, -0.2) is 17.2 Å². The Kier molecular flexibility index (Phi) is 4.02. The maximum absolute atomic E-state index is 10.6. The van der Waals surface area contributed by atoms with Gasteiger partial charge in [-0.05, 0) is 28.1 Å². The van der Waals surface area contributed by atoms with Gasteiger partial charge in [-0.2, -0.15) is 5.10 Å². The molecule has 2 amide bonds. The minimum atomic E-state index is -0.587. The highest BCUT2D eigenvalue weighted by Crippen LogP contribution is 2.04. The third-order valence-electron chi connectivity index (χ3n) is 1.23. The minimum absolute atomic E-state index is 0.587. The van der Waals surface area contributed by atoms with Gasteiger partial charge in [0.25, 0.3) is 0 Å². The largest absolute Gasteiger partial charge is 0.349 e. The number of carbonyl (C=O) groups excluding carboxylic acids is 1. The Morgan fingerprint density at radius 2 is 2.43 bits per heavy atom. The SMILES string of the molecule is NNC(=O)N/N=C/c1cccc(Br)n1. The Morgan fingerprint density at radius 1 is 1.64 bits per heavy atom. The Labute approximate surface area is 88.7 Å². The maximum atomic E-state index is 10.6. The van der Waals surface area contributed by atoms with E-state index in [1.807, 2.05) is 5.43 Å². The maximum Gasteiger partial charge on any atom is 0.349 e. The third-order valence-corrected chi connectivity index (χ3v) is 1.67. The zero-order valence-electron chi connectivity index (χ0n) is 7.07. The second-order valence-corrected chi connectivity index (χ2v) is 3.04.